The van der Waals surface area contributed by atoms with Gasteiger partial charge in [0.15, 0.2) is 0 Å². The lowest BCUT2D eigenvalue weighted by molar-refractivity contribution is 0.477. The largest absolute Gasteiger partial charge is 0.506 e. The molecule has 4 nitrogen and oxygen atoms in total. The van der Waals surface area contributed by atoms with Crippen molar-refractivity contribution in [2.75, 3.05) is 0 Å². The summed E-state index contributed by atoms with van der Waals surface area (Å²) in [7, 11) is 0. The van der Waals surface area contributed by atoms with Crippen molar-refractivity contribution < 1.29 is 9.52 Å². The molecule has 0 fully saturated rings. The molecule has 0 saturated carbocycles. The molecule has 0 aliphatic heterocycles. The van der Waals surface area contributed by atoms with Gasteiger partial charge in [0.25, 0.3) is 0 Å². The lowest BCUT2D eigenvalue weighted by Gasteiger charge is -1.98. The molecule has 0 saturated heterocycles. The van der Waals surface area contributed by atoms with Gasteiger partial charge in [-0.2, -0.15) is 0 Å². The molecule has 0 aliphatic carbocycles. The molecule has 0 spiro atoms. The summed E-state index contributed by atoms with van der Waals surface area (Å²) in [4.78, 5) is 16.3. The van der Waals surface area contributed by atoms with Gasteiger partial charge in [0.1, 0.15) is 23.3 Å². The molecule has 0 bridgehead atoms. The van der Waals surface area contributed by atoms with Crippen LogP contribution in [0.3, 0.4) is 0 Å². The summed E-state index contributed by atoms with van der Waals surface area (Å²) in [5.74, 6) is 0.0638. The van der Waals surface area contributed by atoms with Gasteiger partial charge in [-0.05, 0) is 24.3 Å². The summed E-state index contributed by atoms with van der Waals surface area (Å²) in [6.45, 7) is 0. The van der Waals surface area contributed by atoms with Gasteiger partial charge in [0.05, 0.1) is 10.9 Å². The summed E-state index contributed by atoms with van der Waals surface area (Å²) in [5, 5.41) is 10.1. The molecular weight excluding hydrogens is 254 g/mol. The van der Waals surface area contributed by atoms with E-state index in [1.54, 1.807) is 42.5 Å². The predicted molar refractivity (Wildman–Crippen MR) is 77.8 cm³/mol. The van der Waals surface area contributed by atoms with Crippen molar-refractivity contribution in [2.24, 2.45) is 4.99 Å². The highest BCUT2D eigenvalue weighted by Crippen LogP contribution is 2.24. The highest BCUT2D eigenvalue weighted by Gasteiger charge is 2.04. The van der Waals surface area contributed by atoms with Crippen LogP contribution in [-0.4, -0.2) is 11.3 Å². The molecule has 0 amide bonds. The number of fused-ring (bicyclic) bond motifs is 1. The van der Waals surface area contributed by atoms with Crippen LogP contribution in [-0.2, 0) is 0 Å². The van der Waals surface area contributed by atoms with Crippen LogP contribution in [0.5, 0.6) is 5.75 Å². The Morgan fingerprint density at radius 1 is 1.05 bits per heavy atom. The third-order valence-electron chi connectivity index (χ3n) is 2.93. The topological polar surface area (TPSA) is 62.8 Å². The van der Waals surface area contributed by atoms with Crippen LogP contribution >= 0.6 is 0 Å². The lowest BCUT2D eigenvalue weighted by Crippen LogP contribution is -2.07. The fourth-order valence-electron chi connectivity index (χ4n) is 1.89. The van der Waals surface area contributed by atoms with Crippen molar-refractivity contribution in [2.45, 2.75) is 0 Å². The van der Waals surface area contributed by atoms with Crippen LogP contribution < -0.4 is 5.43 Å². The van der Waals surface area contributed by atoms with Crippen LogP contribution in [0.1, 0.15) is 5.56 Å². The van der Waals surface area contributed by atoms with Crippen LogP contribution in [0.4, 0.5) is 5.69 Å². The number of rotatable bonds is 2. The summed E-state index contributed by atoms with van der Waals surface area (Å²) >= 11 is 0. The molecule has 0 atom stereocenters. The van der Waals surface area contributed by atoms with Crippen molar-refractivity contribution in [1.82, 2.24) is 0 Å². The number of para-hydroxylation sites is 3. The maximum atomic E-state index is 12.2. The van der Waals surface area contributed by atoms with Crippen molar-refractivity contribution in [3.05, 3.63) is 70.6 Å². The second-order valence-corrected chi connectivity index (χ2v) is 4.26. The first kappa shape index (κ1) is 12.2. The minimum absolute atomic E-state index is 0.0638. The molecule has 3 rings (SSSR count). The van der Waals surface area contributed by atoms with E-state index < -0.39 is 0 Å². The Morgan fingerprint density at radius 3 is 2.65 bits per heavy atom. The third kappa shape index (κ3) is 2.19. The number of nitrogens with zero attached hydrogens (tertiary/aromatic N) is 1. The van der Waals surface area contributed by atoms with E-state index >= 15 is 0 Å². The second kappa shape index (κ2) is 5.01. The standard InChI is InChI=1S/C16H11NO3/c18-14-7-3-2-6-13(14)17-9-11-10-20-15-8-4-1-5-12(15)16(11)19/h1-10,18H. The first-order valence-electron chi connectivity index (χ1n) is 6.08. The van der Waals surface area contributed by atoms with Crippen molar-refractivity contribution in [3.63, 3.8) is 0 Å². The maximum absolute atomic E-state index is 12.2. The van der Waals surface area contributed by atoms with Crippen molar-refractivity contribution in [3.8, 4) is 5.75 Å². The molecular formula is C16H11NO3. The Bertz CT molecular complexity index is 849. The third-order valence-corrected chi connectivity index (χ3v) is 2.93. The van der Waals surface area contributed by atoms with E-state index in [2.05, 4.69) is 4.99 Å². The van der Waals surface area contributed by atoms with Crippen molar-refractivity contribution >= 4 is 22.9 Å². The van der Waals surface area contributed by atoms with Gasteiger partial charge in [-0.15, -0.1) is 0 Å². The molecule has 4 heteroatoms. The average molecular weight is 265 g/mol. The zero-order chi connectivity index (χ0) is 13.9. The van der Waals surface area contributed by atoms with E-state index in [0.717, 1.165) is 0 Å². The molecule has 98 valence electrons. The van der Waals surface area contributed by atoms with E-state index in [0.29, 0.717) is 22.2 Å². The molecule has 0 aliphatic rings. The van der Waals surface area contributed by atoms with E-state index in [-0.39, 0.29) is 11.2 Å². The fraction of sp³-hybridized carbons (Fsp3) is 0. The zero-order valence-corrected chi connectivity index (χ0v) is 10.5. The van der Waals surface area contributed by atoms with Crippen LogP contribution in [0.2, 0.25) is 0 Å². The SMILES string of the molecule is O=c1c(C=Nc2ccccc2O)coc2ccccc12. The highest BCUT2D eigenvalue weighted by molar-refractivity contribution is 5.87. The van der Waals surface area contributed by atoms with Crippen LogP contribution in [0.25, 0.3) is 11.0 Å². The molecule has 1 N–H and O–H groups in total. The van der Waals surface area contributed by atoms with Gasteiger partial charge in [0.2, 0.25) is 5.43 Å². The van der Waals surface area contributed by atoms with Gasteiger partial charge in [-0.25, -0.2) is 0 Å². The molecule has 1 heterocycles. The zero-order valence-electron chi connectivity index (χ0n) is 10.5. The summed E-state index contributed by atoms with van der Waals surface area (Å²) in [5.41, 5.74) is 1.13. The molecule has 0 unspecified atom stereocenters. The monoisotopic (exact) mass is 265 g/mol. The number of aromatic hydroxyl groups is 1. The number of benzene rings is 2. The Labute approximate surface area is 114 Å². The summed E-state index contributed by atoms with van der Waals surface area (Å²) < 4.78 is 5.39. The molecule has 3 aromatic rings. The number of hydrogen-bond acceptors (Lipinski definition) is 4. The first-order chi connectivity index (χ1) is 9.75. The fourth-order valence-corrected chi connectivity index (χ4v) is 1.89. The van der Waals surface area contributed by atoms with E-state index in [1.165, 1.54) is 18.5 Å². The minimum atomic E-state index is -0.147. The number of hydrogen-bond donors (Lipinski definition) is 1. The van der Waals surface area contributed by atoms with Crippen LogP contribution in [0.15, 0.2) is 69.0 Å². The molecule has 2 aromatic carbocycles. The van der Waals surface area contributed by atoms with Crippen LogP contribution in [0, 0.1) is 0 Å². The second-order valence-electron chi connectivity index (χ2n) is 4.26. The Balaban J connectivity index is 2.06. The van der Waals surface area contributed by atoms with Gasteiger partial charge in [-0.1, -0.05) is 24.3 Å². The predicted octanol–water partition coefficient (Wildman–Crippen LogP) is 3.25. The van der Waals surface area contributed by atoms with Crippen molar-refractivity contribution in [1.29, 1.82) is 0 Å². The van der Waals surface area contributed by atoms with E-state index in [9.17, 15) is 9.90 Å². The smallest absolute Gasteiger partial charge is 0.201 e. The number of phenolic OH excluding ortho intramolecular Hbond substituents is 1. The van der Waals surface area contributed by atoms with Gasteiger partial charge in [-0.3, -0.25) is 9.79 Å². The van der Waals surface area contributed by atoms with Gasteiger partial charge in [0, 0.05) is 6.21 Å². The maximum Gasteiger partial charge on any atom is 0.201 e. The number of phenols is 1. The van der Waals surface area contributed by atoms with E-state index in [4.69, 9.17) is 4.42 Å². The highest BCUT2D eigenvalue weighted by atomic mass is 16.3. The minimum Gasteiger partial charge on any atom is -0.506 e. The summed E-state index contributed by atoms with van der Waals surface area (Å²) in [6, 6.07) is 13.7. The number of aliphatic imine (C=N–C) groups is 1. The van der Waals surface area contributed by atoms with Gasteiger partial charge >= 0.3 is 0 Å². The van der Waals surface area contributed by atoms with Gasteiger partial charge < -0.3 is 9.52 Å². The quantitative estimate of drug-likeness (QED) is 0.723. The Morgan fingerprint density at radius 2 is 1.80 bits per heavy atom. The van der Waals surface area contributed by atoms with E-state index in [1.807, 2.05) is 0 Å². The first-order valence-corrected chi connectivity index (χ1v) is 6.08. The Hall–Kier alpha value is -2.88. The molecule has 0 radical (unpaired) electrons. The summed E-state index contributed by atoms with van der Waals surface area (Å²) in [6.07, 6.45) is 2.77. The molecule has 1 aromatic heterocycles. The normalized spacial score (nSPS) is 11.2. The Kier molecular flexibility index (Phi) is 3.05. The lowest BCUT2D eigenvalue weighted by atomic mass is 10.2. The molecule has 20 heavy (non-hydrogen) atoms. The average Bonchev–Trinajstić information content (AvgIpc) is 2.48.